The minimum atomic E-state index is 0.768. The summed E-state index contributed by atoms with van der Waals surface area (Å²) in [4.78, 5) is 0. The minimum Gasteiger partial charge on any atom is -0.494 e. The van der Waals surface area contributed by atoms with Gasteiger partial charge in [-0.2, -0.15) is 0 Å². The maximum Gasteiger partial charge on any atom is 0.119 e. The van der Waals surface area contributed by atoms with Crippen molar-refractivity contribution in [2.75, 3.05) is 6.61 Å². The molecule has 0 aliphatic rings. The minimum absolute atomic E-state index is 0.768. The molecule has 0 saturated heterocycles. The largest absolute Gasteiger partial charge is 0.494 e. The molecule has 0 aromatic heterocycles. The predicted molar refractivity (Wildman–Crippen MR) is 45.6 cm³/mol. The van der Waals surface area contributed by atoms with Crippen molar-refractivity contribution in [1.82, 2.24) is 0 Å². The second-order valence-corrected chi connectivity index (χ2v) is 2.42. The zero-order valence-electron chi connectivity index (χ0n) is 6.71. The first-order valence-electron chi connectivity index (χ1n) is 3.81. The van der Waals surface area contributed by atoms with Crippen molar-refractivity contribution in [2.24, 2.45) is 0 Å². The lowest BCUT2D eigenvalue weighted by Crippen LogP contribution is -1.94. The standard InChI is InChI=1S/C10H12O/c1-3-8-11-10-6-4-9(2)5-7-10/h2,4-7H,3,8H2,1H3. The van der Waals surface area contributed by atoms with Crippen molar-refractivity contribution < 1.29 is 4.74 Å². The zero-order chi connectivity index (χ0) is 8.10. The van der Waals surface area contributed by atoms with Crippen LogP contribution < -0.4 is 4.74 Å². The van der Waals surface area contributed by atoms with E-state index in [-0.39, 0.29) is 0 Å². The van der Waals surface area contributed by atoms with Gasteiger partial charge in [0.2, 0.25) is 0 Å². The van der Waals surface area contributed by atoms with Gasteiger partial charge in [0.25, 0.3) is 0 Å². The van der Waals surface area contributed by atoms with E-state index in [2.05, 4.69) is 6.92 Å². The topological polar surface area (TPSA) is 9.23 Å². The number of hydrogen-bond donors (Lipinski definition) is 0. The van der Waals surface area contributed by atoms with Gasteiger partial charge in [-0.15, -0.1) is 0 Å². The van der Waals surface area contributed by atoms with Gasteiger partial charge < -0.3 is 4.74 Å². The molecule has 0 amide bonds. The third kappa shape index (κ3) is 2.62. The summed E-state index contributed by atoms with van der Waals surface area (Å²) in [6.45, 7) is 8.35. The van der Waals surface area contributed by atoms with E-state index in [1.807, 2.05) is 24.3 Å². The van der Waals surface area contributed by atoms with Crippen LogP contribution in [0.1, 0.15) is 18.9 Å². The molecule has 1 aromatic rings. The maximum atomic E-state index is 5.50. The van der Waals surface area contributed by atoms with Crippen LogP contribution in [0.2, 0.25) is 0 Å². The first-order valence-corrected chi connectivity index (χ1v) is 3.81. The third-order valence-electron chi connectivity index (χ3n) is 1.35. The van der Waals surface area contributed by atoms with Gasteiger partial charge >= 0.3 is 0 Å². The van der Waals surface area contributed by atoms with Gasteiger partial charge in [0.05, 0.1) is 6.61 Å². The SMILES string of the molecule is [CH]c1ccc(OCCC)cc1. The van der Waals surface area contributed by atoms with Crippen molar-refractivity contribution in [3.8, 4) is 5.75 Å². The quantitative estimate of drug-likeness (QED) is 0.640. The van der Waals surface area contributed by atoms with Gasteiger partial charge in [-0.05, 0) is 31.0 Å². The molecular formula is C10H12O. The molecule has 1 rings (SSSR count). The molecule has 58 valence electrons. The van der Waals surface area contributed by atoms with Crippen LogP contribution in [-0.2, 0) is 0 Å². The van der Waals surface area contributed by atoms with Crippen molar-refractivity contribution in [3.05, 3.63) is 36.8 Å². The number of rotatable bonds is 3. The highest BCUT2D eigenvalue weighted by Gasteiger charge is 1.89. The predicted octanol–water partition coefficient (Wildman–Crippen LogP) is 2.53. The lowest BCUT2D eigenvalue weighted by atomic mass is 10.2. The summed E-state index contributed by atoms with van der Waals surface area (Å²) >= 11 is 0. The third-order valence-corrected chi connectivity index (χ3v) is 1.35. The molecule has 0 unspecified atom stereocenters. The molecule has 2 radical (unpaired) electrons. The van der Waals surface area contributed by atoms with Crippen LogP contribution in [0.4, 0.5) is 0 Å². The Labute approximate surface area is 68.0 Å². The van der Waals surface area contributed by atoms with Gasteiger partial charge in [0, 0.05) is 0 Å². The van der Waals surface area contributed by atoms with Crippen LogP contribution in [0.5, 0.6) is 5.75 Å². The van der Waals surface area contributed by atoms with Crippen LogP contribution in [0, 0.1) is 6.92 Å². The molecule has 0 aliphatic carbocycles. The fourth-order valence-corrected chi connectivity index (χ4v) is 0.784. The lowest BCUT2D eigenvalue weighted by Gasteiger charge is -2.03. The Balaban J connectivity index is 2.52. The summed E-state index contributed by atoms with van der Waals surface area (Å²) in [5.74, 6) is 0.890. The van der Waals surface area contributed by atoms with E-state index in [1.54, 1.807) is 0 Å². The smallest absolute Gasteiger partial charge is 0.119 e. The number of ether oxygens (including phenoxy) is 1. The summed E-state index contributed by atoms with van der Waals surface area (Å²) in [5, 5.41) is 0. The van der Waals surface area contributed by atoms with Gasteiger partial charge in [-0.1, -0.05) is 19.1 Å². The molecule has 0 bridgehead atoms. The van der Waals surface area contributed by atoms with E-state index < -0.39 is 0 Å². The second kappa shape index (κ2) is 4.02. The summed E-state index contributed by atoms with van der Waals surface area (Å²) in [6.07, 6.45) is 1.03. The van der Waals surface area contributed by atoms with Crippen LogP contribution >= 0.6 is 0 Å². The first kappa shape index (κ1) is 8.12. The fraction of sp³-hybridized carbons (Fsp3) is 0.300. The highest BCUT2D eigenvalue weighted by molar-refractivity contribution is 5.28. The van der Waals surface area contributed by atoms with E-state index in [0.29, 0.717) is 0 Å². The monoisotopic (exact) mass is 148 g/mol. The Morgan fingerprint density at radius 3 is 2.45 bits per heavy atom. The highest BCUT2D eigenvalue weighted by atomic mass is 16.5. The molecular weight excluding hydrogens is 136 g/mol. The molecule has 0 aliphatic heterocycles. The highest BCUT2D eigenvalue weighted by Crippen LogP contribution is 2.11. The Morgan fingerprint density at radius 2 is 1.91 bits per heavy atom. The Bertz CT molecular complexity index is 201. The first-order chi connectivity index (χ1) is 5.33. The summed E-state index contributed by atoms with van der Waals surface area (Å²) in [5.41, 5.74) is 0.772. The van der Waals surface area contributed by atoms with Crippen molar-refractivity contribution in [2.45, 2.75) is 13.3 Å². The molecule has 1 aromatic carbocycles. The maximum absolute atomic E-state index is 5.50. The zero-order valence-corrected chi connectivity index (χ0v) is 6.71. The molecule has 0 N–H and O–H groups in total. The Kier molecular flexibility index (Phi) is 2.96. The second-order valence-electron chi connectivity index (χ2n) is 2.42. The molecule has 0 saturated carbocycles. The summed E-state index contributed by atoms with van der Waals surface area (Å²) < 4.78 is 5.35. The molecule has 1 heteroatoms. The van der Waals surface area contributed by atoms with Crippen molar-refractivity contribution >= 4 is 0 Å². The fourth-order valence-electron chi connectivity index (χ4n) is 0.784. The average molecular weight is 148 g/mol. The normalized spacial score (nSPS) is 9.64. The molecule has 0 fully saturated rings. The van der Waals surface area contributed by atoms with Crippen LogP contribution in [-0.4, -0.2) is 6.61 Å². The van der Waals surface area contributed by atoms with E-state index >= 15 is 0 Å². The van der Waals surface area contributed by atoms with Crippen molar-refractivity contribution in [1.29, 1.82) is 0 Å². The van der Waals surface area contributed by atoms with Crippen LogP contribution in [0.3, 0.4) is 0 Å². The van der Waals surface area contributed by atoms with Gasteiger partial charge in [-0.25, -0.2) is 0 Å². The summed E-state index contributed by atoms with van der Waals surface area (Å²) in [6, 6.07) is 7.44. The average Bonchev–Trinajstić information content (AvgIpc) is 2.04. The Morgan fingerprint density at radius 1 is 1.27 bits per heavy atom. The van der Waals surface area contributed by atoms with Gasteiger partial charge in [-0.3, -0.25) is 0 Å². The molecule has 1 nitrogen and oxygen atoms in total. The van der Waals surface area contributed by atoms with E-state index in [4.69, 9.17) is 11.7 Å². The Hall–Kier alpha value is -0.980. The van der Waals surface area contributed by atoms with Gasteiger partial charge in [0.1, 0.15) is 5.75 Å². The van der Waals surface area contributed by atoms with Gasteiger partial charge in [0.15, 0.2) is 0 Å². The van der Waals surface area contributed by atoms with Crippen LogP contribution in [0.25, 0.3) is 0 Å². The van der Waals surface area contributed by atoms with E-state index in [1.165, 1.54) is 0 Å². The number of hydrogen-bond acceptors (Lipinski definition) is 1. The number of benzene rings is 1. The summed E-state index contributed by atoms with van der Waals surface area (Å²) in [7, 11) is 0. The molecule has 0 atom stereocenters. The molecule has 0 spiro atoms. The van der Waals surface area contributed by atoms with E-state index in [0.717, 1.165) is 24.3 Å². The van der Waals surface area contributed by atoms with E-state index in [9.17, 15) is 0 Å². The van der Waals surface area contributed by atoms with Crippen molar-refractivity contribution in [3.63, 3.8) is 0 Å². The lowest BCUT2D eigenvalue weighted by molar-refractivity contribution is 0.317. The molecule has 11 heavy (non-hydrogen) atoms. The van der Waals surface area contributed by atoms with Crippen LogP contribution in [0.15, 0.2) is 24.3 Å². The molecule has 0 heterocycles.